The van der Waals surface area contributed by atoms with E-state index in [9.17, 15) is 4.39 Å². The molecule has 0 aliphatic heterocycles. The van der Waals surface area contributed by atoms with E-state index in [-0.39, 0.29) is 11.4 Å². The van der Waals surface area contributed by atoms with Gasteiger partial charge in [0.25, 0.3) is 0 Å². The molecule has 4 nitrogen and oxygen atoms in total. The maximum absolute atomic E-state index is 13.4. The Morgan fingerprint density at radius 2 is 2.05 bits per heavy atom. The van der Waals surface area contributed by atoms with Crippen molar-refractivity contribution in [3.8, 4) is 11.5 Å². The van der Waals surface area contributed by atoms with Crippen molar-refractivity contribution in [2.75, 3.05) is 0 Å². The lowest BCUT2D eigenvalue weighted by atomic mass is 10.1. The van der Waals surface area contributed by atoms with Gasteiger partial charge in [0.2, 0.25) is 11.8 Å². The molecule has 1 aromatic carbocycles. The van der Waals surface area contributed by atoms with Crippen molar-refractivity contribution in [2.45, 2.75) is 32.9 Å². The lowest BCUT2D eigenvalue weighted by molar-refractivity contribution is 0.383. The van der Waals surface area contributed by atoms with Gasteiger partial charge in [0.1, 0.15) is 5.82 Å². The molecule has 0 radical (unpaired) electrons. The smallest absolute Gasteiger partial charge is 0.249 e. The van der Waals surface area contributed by atoms with Crippen LogP contribution in [0.25, 0.3) is 11.5 Å². The highest BCUT2D eigenvalue weighted by Gasteiger charge is 2.15. The molecule has 0 unspecified atom stereocenters. The monoisotopic (exact) mass is 327 g/mol. The Bertz CT molecular complexity index is 578. The van der Waals surface area contributed by atoms with Crippen molar-refractivity contribution in [3.05, 3.63) is 34.4 Å². The fourth-order valence-corrected chi connectivity index (χ4v) is 1.88. The SMILES string of the molecule is CC(C)(C)NCc1nnc(-c2cccc(F)c2Br)o1. The first-order valence-corrected chi connectivity index (χ1v) is 6.68. The minimum atomic E-state index is -0.356. The van der Waals surface area contributed by atoms with Crippen LogP contribution in [0.4, 0.5) is 4.39 Å². The third-order valence-corrected chi connectivity index (χ3v) is 3.22. The average molecular weight is 328 g/mol. The Balaban J connectivity index is 2.19. The van der Waals surface area contributed by atoms with Crippen LogP contribution < -0.4 is 5.32 Å². The molecule has 2 rings (SSSR count). The van der Waals surface area contributed by atoms with Gasteiger partial charge in [-0.3, -0.25) is 0 Å². The highest BCUT2D eigenvalue weighted by atomic mass is 79.9. The summed E-state index contributed by atoms with van der Waals surface area (Å²) in [6.07, 6.45) is 0. The fourth-order valence-electron chi connectivity index (χ4n) is 1.44. The summed E-state index contributed by atoms with van der Waals surface area (Å²) in [6.45, 7) is 6.62. The number of rotatable bonds is 3. The Labute approximate surface area is 119 Å². The molecule has 0 bridgehead atoms. The second kappa shape index (κ2) is 5.38. The molecule has 1 N–H and O–H groups in total. The highest BCUT2D eigenvalue weighted by molar-refractivity contribution is 9.10. The second-order valence-corrected chi connectivity index (χ2v) is 6.00. The normalized spacial score (nSPS) is 11.8. The van der Waals surface area contributed by atoms with Crippen LogP contribution in [0.3, 0.4) is 0 Å². The predicted molar refractivity (Wildman–Crippen MR) is 74.0 cm³/mol. The summed E-state index contributed by atoms with van der Waals surface area (Å²) in [7, 11) is 0. The van der Waals surface area contributed by atoms with Crippen molar-refractivity contribution < 1.29 is 8.81 Å². The van der Waals surface area contributed by atoms with E-state index in [0.29, 0.717) is 28.4 Å². The van der Waals surface area contributed by atoms with Gasteiger partial charge in [0.15, 0.2) is 0 Å². The van der Waals surface area contributed by atoms with Gasteiger partial charge >= 0.3 is 0 Å². The van der Waals surface area contributed by atoms with Crippen LogP contribution in [0, 0.1) is 5.82 Å². The van der Waals surface area contributed by atoms with Gasteiger partial charge in [-0.05, 0) is 48.8 Å². The maximum atomic E-state index is 13.4. The molecule has 2 aromatic rings. The van der Waals surface area contributed by atoms with Crippen LogP contribution in [0.5, 0.6) is 0 Å². The number of hydrogen-bond acceptors (Lipinski definition) is 4. The largest absolute Gasteiger partial charge is 0.419 e. The van der Waals surface area contributed by atoms with Crippen LogP contribution in [0.1, 0.15) is 26.7 Å². The van der Waals surface area contributed by atoms with E-state index in [2.05, 4.69) is 31.4 Å². The van der Waals surface area contributed by atoms with Crippen molar-refractivity contribution in [1.29, 1.82) is 0 Å². The first-order valence-electron chi connectivity index (χ1n) is 5.88. The number of nitrogens with zero attached hydrogens (tertiary/aromatic N) is 2. The quantitative estimate of drug-likeness (QED) is 0.936. The maximum Gasteiger partial charge on any atom is 0.249 e. The van der Waals surface area contributed by atoms with E-state index in [4.69, 9.17) is 4.42 Å². The molecule has 0 aliphatic rings. The van der Waals surface area contributed by atoms with E-state index < -0.39 is 0 Å². The molecule has 0 saturated carbocycles. The standard InChI is InChI=1S/C13H15BrFN3O/c1-13(2,3)16-7-10-17-18-12(19-10)8-5-4-6-9(15)11(8)14/h4-6,16H,7H2,1-3H3. The molecule has 0 atom stereocenters. The zero-order valence-corrected chi connectivity index (χ0v) is 12.6. The Kier molecular flexibility index (Phi) is 4.01. The molecule has 102 valence electrons. The van der Waals surface area contributed by atoms with Gasteiger partial charge in [-0.15, -0.1) is 10.2 Å². The van der Waals surface area contributed by atoms with Crippen molar-refractivity contribution in [2.24, 2.45) is 0 Å². The average Bonchev–Trinajstić information content (AvgIpc) is 2.78. The van der Waals surface area contributed by atoms with Crippen molar-refractivity contribution >= 4 is 15.9 Å². The van der Waals surface area contributed by atoms with E-state index in [1.54, 1.807) is 12.1 Å². The number of hydrogen-bond donors (Lipinski definition) is 1. The summed E-state index contributed by atoms with van der Waals surface area (Å²) in [5.41, 5.74) is 0.517. The van der Waals surface area contributed by atoms with Crippen molar-refractivity contribution in [3.63, 3.8) is 0 Å². The lowest BCUT2D eigenvalue weighted by Gasteiger charge is -2.18. The molecular formula is C13H15BrFN3O. The molecule has 0 amide bonds. The van der Waals surface area contributed by atoms with Gasteiger partial charge in [0, 0.05) is 5.54 Å². The van der Waals surface area contributed by atoms with E-state index in [1.165, 1.54) is 6.07 Å². The molecule has 1 heterocycles. The van der Waals surface area contributed by atoms with Crippen LogP contribution in [0.15, 0.2) is 27.1 Å². The molecule has 19 heavy (non-hydrogen) atoms. The summed E-state index contributed by atoms with van der Waals surface area (Å²) in [5, 5.41) is 11.1. The van der Waals surface area contributed by atoms with Crippen molar-refractivity contribution in [1.82, 2.24) is 15.5 Å². The van der Waals surface area contributed by atoms with E-state index >= 15 is 0 Å². The molecule has 0 saturated heterocycles. The summed E-state index contributed by atoms with van der Waals surface area (Å²) in [5.74, 6) is 0.420. The highest BCUT2D eigenvalue weighted by Crippen LogP contribution is 2.29. The molecule has 0 spiro atoms. The number of nitrogens with one attached hydrogen (secondary N) is 1. The van der Waals surface area contributed by atoms with Gasteiger partial charge < -0.3 is 9.73 Å². The molecular weight excluding hydrogens is 313 g/mol. The van der Waals surface area contributed by atoms with E-state index in [0.717, 1.165) is 0 Å². The van der Waals surface area contributed by atoms with Gasteiger partial charge in [-0.2, -0.15) is 0 Å². The zero-order chi connectivity index (χ0) is 14.0. The molecule has 0 fully saturated rings. The topological polar surface area (TPSA) is 51.0 Å². The lowest BCUT2D eigenvalue weighted by Crippen LogP contribution is -2.35. The van der Waals surface area contributed by atoms with Crippen LogP contribution in [-0.4, -0.2) is 15.7 Å². The summed E-state index contributed by atoms with van der Waals surface area (Å²) < 4.78 is 19.3. The third kappa shape index (κ3) is 3.61. The zero-order valence-electron chi connectivity index (χ0n) is 11.0. The summed E-state index contributed by atoms with van der Waals surface area (Å²) >= 11 is 3.18. The van der Waals surface area contributed by atoms with E-state index in [1.807, 2.05) is 20.8 Å². The number of aromatic nitrogens is 2. The van der Waals surface area contributed by atoms with Crippen LogP contribution >= 0.6 is 15.9 Å². The summed E-state index contributed by atoms with van der Waals surface area (Å²) in [4.78, 5) is 0. The molecule has 1 aromatic heterocycles. The first kappa shape index (κ1) is 14.1. The van der Waals surface area contributed by atoms with Gasteiger partial charge in [-0.1, -0.05) is 6.07 Å². The Hall–Kier alpha value is -1.27. The molecule has 6 heteroatoms. The van der Waals surface area contributed by atoms with Gasteiger partial charge in [-0.25, -0.2) is 4.39 Å². The van der Waals surface area contributed by atoms with Crippen LogP contribution in [-0.2, 0) is 6.54 Å². The minimum absolute atomic E-state index is 0.0337. The first-order chi connectivity index (χ1) is 8.87. The fraction of sp³-hybridized carbons (Fsp3) is 0.385. The molecule has 0 aliphatic carbocycles. The summed E-state index contributed by atoms with van der Waals surface area (Å²) in [6, 6.07) is 4.69. The Morgan fingerprint density at radius 3 is 2.74 bits per heavy atom. The Morgan fingerprint density at radius 1 is 1.32 bits per heavy atom. The van der Waals surface area contributed by atoms with Crippen LogP contribution in [0.2, 0.25) is 0 Å². The minimum Gasteiger partial charge on any atom is -0.419 e. The number of benzene rings is 1. The van der Waals surface area contributed by atoms with Gasteiger partial charge in [0.05, 0.1) is 16.6 Å². The second-order valence-electron chi connectivity index (χ2n) is 5.21. The number of halogens is 2. The predicted octanol–water partition coefficient (Wildman–Crippen LogP) is 3.53. The third-order valence-electron chi connectivity index (χ3n) is 2.42.